The van der Waals surface area contributed by atoms with Crippen LogP contribution in [0.25, 0.3) is 0 Å². The van der Waals surface area contributed by atoms with Crippen LogP contribution in [-0.2, 0) is 13.6 Å². The molecule has 0 heterocycles. The molecule has 0 aromatic heterocycles. The number of halogens is 1. The van der Waals surface area contributed by atoms with E-state index in [2.05, 4.69) is 15.9 Å². The largest absolute Gasteiger partial charge is 0.332 e. The average Bonchev–Trinajstić information content (AvgIpc) is 2.29. The Morgan fingerprint density at radius 2 is 1.83 bits per heavy atom. The van der Waals surface area contributed by atoms with E-state index in [-0.39, 0.29) is 12.2 Å². The van der Waals surface area contributed by atoms with Crippen LogP contribution in [0.3, 0.4) is 0 Å². The zero-order valence-electron chi connectivity index (χ0n) is 10.6. The number of hydrogen-bond donors (Lipinski definition) is 1. The molecule has 4 nitrogen and oxygen atoms in total. The molecule has 18 heavy (non-hydrogen) atoms. The molecule has 1 rings (SSSR count). The minimum absolute atomic E-state index is 0.178. The predicted molar refractivity (Wildman–Crippen MR) is 76.8 cm³/mol. The zero-order valence-corrected chi connectivity index (χ0v) is 13.1. The van der Waals surface area contributed by atoms with Gasteiger partial charge in [0.05, 0.1) is 19.4 Å². The van der Waals surface area contributed by atoms with Crippen molar-refractivity contribution in [2.45, 2.75) is 19.9 Å². The molecule has 0 saturated carbocycles. The molecular formula is C12H19BrNO3P. The van der Waals surface area contributed by atoms with Crippen LogP contribution >= 0.6 is 23.5 Å². The third-order valence-corrected chi connectivity index (χ3v) is 5.24. The number of hydrogen-bond acceptors (Lipinski definition) is 4. The lowest BCUT2D eigenvalue weighted by Crippen LogP contribution is -2.17. The molecule has 1 atom stereocenters. The molecule has 0 bridgehead atoms. The highest BCUT2D eigenvalue weighted by Gasteiger charge is 2.28. The van der Waals surface area contributed by atoms with E-state index in [9.17, 15) is 4.57 Å². The minimum atomic E-state index is -3.11. The second-order valence-corrected chi connectivity index (χ2v) is 6.71. The van der Waals surface area contributed by atoms with Gasteiger partial charge in [-0.1, -0.05) is 34.1 Å². The molecule has 0 spiro atoms. The Kier molecular flexibility index (Phi) is 6.53. The standard InChI is InChI=1S/C12H19BrNO3P/c1-3-16-18(15,17-4-2)9-12(14)10-7-5-6-8-11(10)13/h5-8,12H,3-4,9,14H2,1-2H3/t12-/m0/s1. The van der Waals surface area contributed by atoms with Crippen molar-refractivity contribution in [3.63, 3.8) is 0 Å². The van der Waals surface area contributed by atoms with Gasteiger partial charge in [0.25, 0.3) is 0 Å². The van der Waals surface area contributed by atoms with Crippen LogP contribution in [0.4, 0.5) is 0 Å². The molecule has 2 N–H and O–H groups in total. The second kappa shape index (κ2) is 7.41. The smallest absolute Gasteiger partial charge is 0.323 e. The summed E-state index contributed by atoms with van der Waals surface area (Å²) in [7, 11) is -3.11. The summed E-state index contributed by atoms with van der Waals surface area (Å²) in [4.78, 5) is 0. The van der Waals surface area contributed by atoms with E-state index in [4.69, 9.17) is 14.8 Å². The summed E-state index contributed by atoms with van der Waals surface area (Å²) in [6.07, 6.45) is 0.178. The van der Waals surface area contributed by atoms with Crippen molar-refractivity contribution in [2.75, 3.05) is 19.4 Å². The summed E-state index contributed by atoms with van der Waals surface area (Å²) in [5.41, 5.74) is 6.98. The van der Waals surface area contributed by atoms with Crippen molar-refractivity contribution in [1.82, 2.24) is 0 Å². The molecule has 0 unspecified atom stereocenters. The first kappa shape index (κ1) is 15.9. The molecule has 1 aromatic rings. The summed E-state index contributed by atoms with van der Waals surface area (Å²) in [5.74, 6) is 0. The fourth-order valence-corrected chi connectivity index (χ4v) is 3.98. The summed E-state index contributed by atoms with van der Waals surface area (Å²) >= 11 is 3.43. The molecule has 0 fully saturated rings. The van der Waals surface area contributed by atoms with E-state index in [1.807, 2.05) is 24.3 Å². The van der Waals surface area contributed by atoms with Crippen LogP contribution in [-0.4, -0.2) is 19.4 Å². The van der Waals surface area contributed by atoms with Crippen LogP contribution in [0.2, 0.25) is 0 Å². The van der Waals surface area contributed by atoms with Crippen molar-refractivity contribution >= 4 is 23.5 Å². The van der Waals surface area contributed by atoms with Gasteiger partial charge in [-0.2, -0.15) is 0 Å². The highest BCUT2D eigenvalue weighted by molar-refractivity contribution is 9.10. The van der Waals surface area contributed by atoms with Gasteiger partial charge in [0.2, 0.25) is 0 Å². The Bertz CT molecular complexity index is 418. The molecule has 0 aliphatic carbocycles. The predicted octanol–water partition coefficient (Wildman–Crippen LogP) is 3.72. The topological polar surface area (TPSA) is 61.5 Å². The molecular weight excluding hydrogens is 317 g/mol. The van der Waals surface area contributed by atoms with E-state index in [0.717, 1.165) is 10.0 Å². The molecule has 0 aliphatic rings. The first-order valence-electron chi connectivity index (χ1n) is 5.90. The summed E-state index contributed by atoms with van der Waals surface area (Å²) in [5, 5.41) is 0. The van der Waals surface area contributed by atoms with Crippen molar-refractivity contribution in [3.05, 3.63) is 34.3 Å². The highest BCUT2D eigenvalue weighted by Crippen LogP contribution is 2.50. The van der Waals surface area contributed by atoms with Crippen LogP contribution in [0.1, 0.15) is 25.5 Å². The quantitative estimate of drug-likeness (QED) is 0.771. The van der Waals surface area contributed by atoms with Gasteiger partial charge >= 0.3 is 7.60 Å². The van der Waals surface area contributed by atoms with Gasteiger partial charge in [0.15, 0.2) is 0 Å². The maximum Gasteiger partial charge on any atom is 0.332 e. The van der Waals surface area contributed by atoms with Crippen LogP contribution < -0.4 is 5.73 Å². The summed E-state index contributed by atoms with van der Waals surface area (Å²) in [6, 6.07) is 7.22. The lowest BCUT2D eigenvalue weighted by atomic mass is 10.1. The van der Waals surface area contributed by atoms with Gasteiger partial charge in [0, 0.05) is 10.5 Å². The maximum absolute atomic E-state index is 12.4. The molecule has 0 saturated heterocycles. The third kappa shape index (κ3) is 4.48. The zero-order chi connectivity index (χ0) is 13.6. The Hall–Kier alpha value is -0.190. The van der Waals surface area contributed by atoms with Crippen LogP contribution in [0.15, 0.2) is 28.7 Å². The van der Waals surface area contributed by atoms with Gasteiger partial charge in [-0.3, -0.25) is 4.57 Å². The molecule has 0 radical (unpaired) electrons. The molecule has 6 heteroatoms. The Balaban J connectivity index is 2.82. The van der Waals surface area contributed by atoms with Gasteiger partial charge < -0.3 is 14.8 Å². The number of nitrogens with two attached hydrogens (primary N) is 1. The lowest BCUT2D eigenvalue weighted by Gasteiger charge is -2.21. The highest BCUT2D eigenvalue weighted by atomic mass is 79.9. The molecule has 1 aromatic carbocycles. The van der Waals surface area contributed by atoms with E-state index in [0.29, 0.717) is 13.2 Å². The Morgan fingerprint density at radius 3 is 2.33 bits per heavy atom. The molecule has 102 valence electrons. The van der Waals surface area contributed by atoms with Gasteiger partial charge in [0.1, 0.15) is 0 Å². The number of rotatable bonds is 7. The SMILES string of the molecule is CCOP(=O)(C[C@H](N)c1ccccc1Br)OCC. The van der Waals surface area contributed by atoms with E-state index < -0.39 is 7.60 Å². The monoisotopic (exact) mass is 335 g/mol. The van der Waals surface area contributed by atoms with E-state index >= 15 is 0 Å². The van der Waals surface area contributed by atoms with Crippen molar-refractivity contribution in [1.29, 1.82) is 0 Å². The van der Waals surface area contributed by atoms with Crippen LogP contribution in [0.5, 0.6) is 0 Å². The number of benzene rings is 1. The first-order chi connectivity index (χ1) is 8.52. The minimum Gasteiger partial charge on any atom is -0.323 e. The lowest BCUT2D eigenvalue weighted by molar-refractivity contribution is 0.218. The van der Waals surface area contributed by atoms with Gasteiger partial charge in [-0.05, 0) is 25.5 Å². The van der Waals surface area contributed by atoms with Gasteiger partial charge in [-0.15, -0.1) is 0 Å². The van der Waals surface area contributed by atoms with Crippen molar-refractivity contribution in [2.24, 2.45) is 5.73 Å². The summed E-state index contributed by atoms with van der Waals surface area (Å²) in [6.45, 7) is 4.27. The first-order valence-corrected chi connectivity index (χ1v) is 8.42. The van der Waals surface area contributed by atoms with E-state index in [1.54, 1.807) is 13.8 Å². The summed E-state index contributed by atoms with van der Waals surface area (Å²) < 4.78 is 23.7. The molecule has 0 aliphatic heterocycles. The fraction of sp³-hybridized carbons (Fsp3) is 0.500. The average molecular weight is 336 g/mol. The van der Waals surface area contributed by atoms with Crippen LogP contribution in [0, 0.1) is 0 Å². The van der Waals surface area contributed by atoms with Crippen molar-refractivity contribution in [3.8, 4) is 0 Å². The van der Waals surface area contributed by atoms with E-state index in [1.165, 1.54) is 0 Å². The maximum atomic E-state index is 12.4. The fourth-order valence-electron chi connectivity index (χ4n) is 1.65. The Labute approximate surface area is 117 Å². The normalized spacial score (nSPS) is 13.6. The second-order valence-electron chi connectivity index (χ2n) is 3.76. The third-order valence-electron chi connectivity index (χ3n) is 2.38. The van der Waals surface area contributed by atoms with Crippen molar-refractivity contribution < 1.29 is 13.6 Å². The molecule has 0 amide bonds. The Morgan fingerprint density at radius 1 is 1.28 bits per heavy atom. The van der Waals surface area contributed by atoms with Gasteiger partial charge in [-0.25, -0.2) is 0 Å².